The van der Waals surface area contributed by atoms with Gasteiger partial charge in [0.15, 0.2) is 0 Å². The summed E-state index contributed by atoms with van der Waals surface area (Å²) in [6, 6.07) is 2.95. The highest BCUT2D eigenvalue weighted by molar-refractivity contribution is 14.1. The summed E-state index contributed by atoms with van der Waals surface area (Å²) in [5.74, 6) is -0.150. The summed E-state index contributed by atoms with van der Waals surface area (Å²) in [5, 5.41) is 9.56. The van der Waals surface area contributed by atoms with Gasteiger partial charge in [-0.15, -0.1) is 0 Å². The van der Waals surface area contributed by atoms with Gasteiger partial charge in [-0.3, -0.25) is 4.79 Å². The smallest absolute Gasteiger partial charge is 0.320 e. The molecular formula is C11H12BrI2NO3. The maximum Gasteiger partial charge on any atom is 0.320 e. The summed E-state index contributed by atoms with van der Waals surface area (Å²) in [6.45, 7) is 0.597. The Balaban J connectivity index is 2.88. The Hall–Kier alpha value is 0.390. The Morgan fingerprint density at radius 3 is 2.44 bits per heavy atom. The van der Waals surface area contributed by atoms with Crippen LogP contribution in [0.2, 0.25) is 0 Å². The van der Waals surface area contributed by atoms with Crippen LogP contribution in [0, 0.1) is 7.14 Å². The van der Waals surface area contributed by atoms with Crippen LogP contribution in [0.3, 0.4) is 0 Å². The number of benzene rings is 1. The number of rotatable bonds is 6. The van der Waals surface area contributed by atoms with Crippen molar-refractivity contribution >= 4 is 67.1 Å². The van der Waals surface area contributed by atoms with E-state index in [4.69, 9.17) is 15.6 Å². The van der Waals surface area contributed by atoms with E-state index in [-0.39, 0.29) is 0 Å². The third kappa shape index (κ3) is 4.82. The van der Waals surface area contributed by atoms with E-state index in [1.807, 2.05) is 12.1 Å². The zero-order valence-electron chi connectivity index (χ0n) is 9.33. The summed E-state index contributed by atoms with van der Waals surface area (Å²) in [7, 11) is 0. The molecule has 1 rings (SSSR count). The van der Waals surface area contributed by atoms with E-state index in [0.717, 1.165) is 23.8 Å². The van der Waals surface area contributed by atoms with Crippen molar-refractivity contribution in [3.05, 3.63) is 24.8 Å². The van der Waals surface area contributed by atoms with Gasteiger partial charge in [-0.05, 0) is 69.3 Å². The summed E-state index contributed by atoms with van der Waals surface area (Å²) in [6.07, 6.45) is 0.320. The third-order valence-corrected chi connectivity index (χ3v) is 4.08. The number of hydrogen-bond donors (Lipinski definition) is 2. The molecule has 0 saturated carbocycles. The molecule has 0 amide bonds. The van der Waals surface area contributed by atoms with Crippen LogP contribution in [0.5, 0.6) is 5.75 Å². The van der Waals surface area contributed by atoms with Crippen molar-refractivity contribution in [3.8, 4) is 5.75 Å². The first kappa shape index (κ1) is 16.4. The number of carboxylic acids is 1. The predicted molar refractivity (Wildman–Crippen MR) is 90.5 cm³/mol. The lowest BCUT2D eigenvalue weighted by atomic mass is 10.1. The second-order valence-corrected chi connectivity index (χ2v) is 6.69. The number of aliphatic carboxylic acids is 1. The molecule has 4 nitrogen and oxygen atoms in total. The maximum absolute atomic E-state index is 10.7. The lowest BCUT2D eigenvalue weighted by Crippen LogP contribution is -2.32. The molecule has 0 bridgehead atoms. The van der Waals surface area contributed by atoms with Gasteiger partial charge in [0, 0.05) is 5.33 Å². The van der Waals surface area contributed by atoms with Gasteiger partial charge in [0.2, 0.25) is 0 Å². The van der Waals surface area contributed by atoms with E-state index in [2.05, 4.69) is 61.1 Å². The lowest BCUT2D eigenvalue weighted by Gasteiger charge is -2.12. The van der Waals surface area contributed by atoms with Crippen LogP contribution in [0.4, 0.5) is 0 Å². The molecule has 1 aromatic carbocycles. The van der Waals surface area contributed by atoms with E-state index >= 15 is 0 Å². The summed E-state index contributed by atoms with van der Waals surface area (Å²) in [4.78, 5) is 10.7. The van der Waals surface area contributed by atoms with Crippen LogP contribution in [0.15, 0.2) is 12.1 Å². The van der Waals surface area contributed by atoms with Gasteiger partial charge in [-0.1, -0.05) is 15.9 Å². The molecule has 0 radical (unpaired) electrons. The normalized spacial score (nSPS) is 12.2. The van der Waals surface area contributed by atoms with E-state index in [1.165, 1.54) is 0 Å². The van der Waals surface area contributed by atoms with Gasteiger partial charge in [0.05, 0.1) is 13.7 Å². The Labute approximate surface area is 141 Å². The molecule has 0 fully saturated rings. The van der Waals surface area contributed by atoms with E-state index in [9.17, 15) is 4.79 Å². The van der Waals surface area contributed by atoms with Crippen LogP contribution >= 0.6 is 61.1 Å². The third-order valence-electron chi connectivity index (χ3n) is 2.15. The fraction of sp³-hybridized carbons (Fsp3) is 0.364. The Bertz CT molecular complexity index is 419. The number of ether oxygens (including phenoxy) is 1. The van der Waals surface area contributed by atoms with Gasteiger partial charge < -0.3 is 15.6 Å². The zero-order chi connectivity index (χ0) is 13.7. The van der Waals surface area contributed by atoms with Crippen molar-refractivity contribution < 1.29 is 14.6 Å². The minimum absolute atomic E-state index is 0.320. The highest BCUT2D eigenvalue weighted by Gasteiger charge is 2.15. The molecule has 0 aliphatic carbocycles. The predicted octanol–water partition coefficient (Wildman–Crippen LogP) is 2.62. The van der Waals surface area contributed by atoms with Crippen LogP contribution < -0.4 is 10.5 Å². The largest absolute Gasteiger partial charge is 0.490 e. The van der Waals surface area contributed by atoms with Crippen LogP contribution in [-0.4, -0.2) is 29.1 Å². The van der Waals surface area contributed by atoms with Crippen molar-refractivity contribution in [2.45, 2.75) is 12.5 Å². The van der Waals surface area contributed by atoms with Gasteiger partial charge >= 0.3 is 5.97 Å². The monoisotopic (exact) mass is 539 g/mol. The highest BCUT2D eigenvalue weighted by Crippen LogP contribution is 2.29. The molecule has 1 aromatic rings. The molecule has 0 aliphatic heterocycles. The average Bonchev–Trinajstić information content (AvgIpc) is 2.27. The SMILES string of the molecule is NC(Cc1cc(I)c(OCCBr)c(I)c1)C(=O)O. The molecule has 0 heterocycles. The van der Waals surface area contributed by atoms with E-state index < -0.39 is 12.0 Å². The maximum atomic E-state index is 10.7. The number of halogens is 3. The number of alkyl halides is 1. The summed E-state index contributed by atoms with van der Waals surface area (Å²) >= 11 is 7.67. The first-order chi connectivity index (χ1) is 8.45. The summed E-state index contributed by atoms with van der Waals surface area (Å²) < 4.78 is 7.55. The minimum Gasteiger partial charge on any atom is -0.490 e. The molecule has 3 N–H and O–H groups in total. The lowest BCUT2D eigenvalue weighted by molar-refractivity contribution is -0.138. The number of nitrogens with two attached hydrogens (primary N) is 1. The van der Waals surface area contributed by atoms with Gasteiger partial charge in [0.25, 0.3) is 0 Å². The van der Waals surface area contributed by atoms with Gasteiger partial charge in [-0.25, -0.2) is 0 Å². The topological polar surface area (TPSA) is 72.5 Å². The fourth-order valence-corrected chi connectivity index (χ4v) is 3.72. The average molecular weight is 540 g/mol. The second-order valence-electron chi connectivity index (χ2n) is 3.57. The molecule has 100 valence electrons. The Kier molecular flexibility index (Phi) is 7.17. The molecule has 0 spiro atoms. The van der Waals surface area contributed by atoms with Crippen LogP contribution in [0.25, 0.3) is 0 Å². The molecule has 1 atom stereocenters. The van der Waals surface area contributed by atoms with Gasteiger partial charge in [0.1, 0.15) is 11.8 Å². The van der Waals surface area contributed by atoms with Crippen molar-refractivity contribution in [1.29, 1.82) is 0 Å². The highest BCUT2D eigenvalue weighted by atomic mass is 127. The molecular weight excluding hydrogens is 528 g/mol. The minimum atomic E-state index is -0.986. The second kappa shape index (κ2) is 7.85. The summed E-state index contributed by atoms with van der Waals surface area (Å²) in [5.41, 5.74) is 6.43. The molecule has 7 heteroatoms. The number of carboxylic acid groups (broad SMARTS) is 1. The zero-order valence-corrected chi connectivity index (χ0v) is 15.2. The molecule has 0 saturated heterocycles. The van der Waals surface area contributed by atoms with Crippen molar-refractivity contribution in [1.82, 2.24) is 0 Å². The molecule has 1 unspecified atom stereocenters. The molecule has 18 heavy (non-hydrogen) atoms. The Morgan fingerprint density at radius 1 is 1.44 bits per heavy atom. The van der Waals surface area contributed by atoms with Crippen molar-refractivity contribution in [2.24, 2.45) is 5.73 Å². The number of hydrogen-bond acceptors (Lipinski definition) is 3. The van der Waals surface area contributed by atoms with Crippen LogP contribution in [0.1, 0.15) is 5.56 Å². The first-order valence-electron chi connectivity index (χ1n) is 5.10. The quantitative estimate of drug-likeness (QED) is 0.431. The molecule has 0 aliphatic rings. The number of carbonyl (C=O) groups is 1. The molecule has 0 aromatic heterocycles. The van der Waals surface area contributed by atoms with Gasteiger partial charge in [-0.2, -0.15) is 0 Å². The van der Waals surface area contributed by atoms with E-state index in [0.29, 0.717) is 13.0 Å². The first-order valence-corrected chi connectivity index (χ1v) is 8.38. The van der Waals surface area contributed by atoms with E-state index in [1.54, 1.807) is 0 Å². The standard InChI is InChI=1S/C11H12BrI2NO3/c12-1-2-18-10-7(13)3-6(4-8(10)14)5-9(15)11(16)17/h3-4,9H,1-2,5,15H2,(H,16,17). The Morgan fingerprint density at radius 2 is 2.00 bits per heavy atom. The fourth-order valence-electron chi connectivity index (χ4n) is 1.35. The van der Waals surface area contributed by atoms with Crippen molar-refractivity contribution in [3.63, 3.8) is 0 Å². The van der Waals surface area contributed by atoms with Crippen molar-refractivity contribution in [2.75, 3.05) is 11.9 Å². The van der Waals surface area contributed by atoms with Crippen LogP contribution in [-0.2, 0) is 11.2 Å².